The lowest BCUT2D eigenvalue weighted by molar-refractivity contribution is 0.102. The van der Waals surface area contributed by atoms with E-state index in [1.165, 1.54) is 4.88 Å². The molecule has 0 saturated heterocycles. The first-order chi connectivity index (χ1) is 6.67. The summed E-state index contributed by atoms with van der Waals surface area (Å²) in [6.45, 7) is 2.07. The van der Waals surface area contributed by atoms with Crippen LogP contribution in [0.1, 0.15) is 16.7 Å². The molecule has 14 heavy (non-hydrogen) atoms. The molecule has 0 aromatic carbocycles. The number of aryl methyl sites for hydroxylation is 1. The second-order valence-electron chi connectivity index (χ2n) is 3.16. The molecule has 1 atom stereocenters. The maximum Gasteiger partial charge on any atom is 0.254 e. The van der Waals surface area contributed by atoms with E-state index in [4.69, 9.17) is 0 Å². The van der Waals surface area contributed by atoms with Gasteiger partial charge in [-0.25, -0.2) is 8.78 Å². The highest BCUT2D eigenvalue weighted by Gasteiger charge is 2.18. The summed E-state index contributed by atoms with van der Waals surface area (Å²) in [5.41, 5.74) is 0. The summed E-state index contributed by atoms with van der Waals surface area (Å²) in [6.07, 6.45) is -0.908. The van der Waals surface area contributed by atoms with Crippen molar-refractivity contribution in [3.8, 4) is 0 Å². The van der Waals surface area contributed by atoms with Crippen LogP contribution < -0.4 is 5.32 Å². The van der Waals surface area contributed by atoms with E-state index in [1.807, 2.05) is 12.1 Å². The highest BCUT2D eigenvalue weighted by Crippen LogP contribution is 2.19. The van der Waals surface area contributed by atoms with Gasteiger partial charge in [0.05, 0.1) is 6.04 Å². The van der Waals surface area contributed by atoms with Gasteiger partial charge in [-0.2, -0.15) is 0 Å². The molecular formula is C10H15F2NS. The number of rotatable bonds is 5. The summed E-state index contributed by atoms with van der Waals surface area (Å²) >= 11 is 1.62. The average molecular weight is 219 g/mol. The number of halogens is 2. The minimum Gasteiger partial charge on any atom is -0.312 e. The second-order valence-corrected chi connectivity index (χ2v) is 4.41. The van der Waals surface area contributed by atoms with Gasteiger partial charge < -0.3 is 5.32 Å². The molecule has 1 rings (SSSR count). The molecule has 0 radical (unpaired) electrons. The minimum atomic E-state index is -2.30. The second kappa shape index (κ2) is 5.41. The molecule has 1 nitrogen and oxygen atoms in total. The monoisotopic (exact) mass is 219 g/mol. The summed E-state index contributed by atoms with van der Waals surface area (Å²) < 4.78 is 24.8. The number of hydrogen-bond donors (Lipinski definition) is 1. The van der Waals surface area contributed by atoms with Gasteiger partial charge >= 0.3 is 0 Å². The quantitative estimate of drug-likeness (QED) is 0.803. The van der Waals surface area contributed by atoms with E-state index in [0.717, 1.165) is 11.3 Å². The van der Waals surface area contributed by atoms with Crippen LogP contribution in [0.2, 0.25) is 0 Å². The predicted octanol–water partition coefficient (Wildman–Crippen LogP) is 2.71. The molecule has 0 bridgehead atoms. The molecule has 1 N–H and O–H groups in total. The van der Waals surface area contributed by atoms with Crippen LogP contribution in [0.15, 0.2) is 12.1 Å². The third-order valence-electron chi connectivity index (χ3n) is 2.16. The van der Waals surface area contributed by atoms with Crippen molar-refractivity contribution in [1.29, 1.82) is 0 Å². The zero-order valence-corrected chi connectivity index (χ0v) is 9.20. The van der Waals surface area contributed by atoms with Crippen LogP contribution >= 0.6 is 11.3 Å². The number of hydrogen-bond acceptors (Lipinski definition) is 2. The maximum absolute atomic E-state index is 12.4. The Balaban J connectivity index is 2.57. The van der Waals surface area contributed by atoms with Crippen molar-refractivity contribution in [1.82, 2.24) is 5.32 Å². The van der Waals surface area contributed by atoms with Crippen LogP contribution in [-0.4, -0.2) is 19.5 Å². The van der Waals surface area contributed by atoms with Crippen LogP contribution in [0, 0.1) is 0 Å². The van der Waals surface area contributed by atoms with E-state index in [0.29, 0.717) is 6.42 Å². The summed E-state index contributed by atoms with van der Waals surface area (Å²) in [7, 11) is 1.57. The van der Waals surface area contributed by atoms with E-state index < -0.39 is 12.5 Å². The lowest BCUT2D eigenvalue weighted by Crippen LogP contribution is -2.34. The summed E-state index contributed by atoms with van der Waals surface area (Å²) in [6, 6.07) is 3.23. The van der Waals surface area contributed by atoms with E-state index in [2.05, 4.69) is 12.2 Å². The van der Waals surface area contributed by atoms with Crippen molar-refractivity contribution >= 4 is 11.3 Å². The smallest absolute Gasteiger partial charge is 0.254 e. The van der Waals surface area contributed by atoms with E-state index in [9.17, 15) is 8.78 Å². The van der Waals surface area contributed by atoms with Crippen LogP contribution in [0.3, 0.4) is 0 Å². The topological polar surface area (TPSA) is 12.0 Å². The molecule has 0 saturated carbocycles. The minimum absolute atomic E-state index is 0.416. The van der Waals surface area contributed by atoms with Crippen LogP contribution in [0.5, 0.6) is 0 Å². The molecule has 4 heteroatoms. The Morgan fingerprint density at radius 1 is 1.36 bits per heavy atom. The normalized spacial score (nSPS) is 13.5. The van der Waals surface area contributed by atoms with Crippen molar-refractivity contribution in [3.63, 3.8) is 0 Å². The molecule has 1 aromatic heterocycles. The van der Waals surface area contributed by atoms with Gasteiger partial charge in [-0.3, -0.25) is 0 Å². The first-order valence-electron chi connectivity index (χ1n) is 4.70. The SMILES string of the molecule is CCc1ccc(CC(NC)C(F)F)s1. The fraction of sp³-hybridized carbons (Fsp3) is 0.600. The van der Waals surface area contributed by atoms with Gasteiger partial charge in [-0.15, -0.1) is 11.3 Å². The standard InChI is InChI=1S/C10H15F2NS/c1-3-7-4-5-8(14-7)6-9(13-2)10(11)12/h4-5,9-10,13H,3,6H2,1-2H3. The Morgan fingerprint density at radius 2 is 2.00 bits per heavy atom. The van der Waals surface area contributed by atoms with Gasteiger partial charge in [0.15, 0.2) is 0 Å². The third kappa shape index (κ3) is 3.03. The number of thiophene rings is 1. The van der Waals surface area contributed by atoms with Crippen molar-refractivity contribution in [3.05, 3.63) is 21.9 Å². The summed E-state index contributed by atoms with van der Waals surface area (Å²) in [4.78, 5) is 2.28. The highest BCUT2D eigenvalue weighted by molar-refractivity contribution is 7.11. The average Bonchev–Trinajstić information content (AvgIpc) is 2.61. The van der Waals surface area contributed by atoms with Crippen molar-refractivity contribution in [2.24, 2.45) is 0 Å². The molecule has 80 valence electrons. The molecule has 0 aliphatic rings. The fourth-order valence-electron chi connectivity index (χ4n) is 1.26. The molecule has 1 heterocycles. The molecule has 0 aliphatic carbocycles. The van der Waals surface area contributed by atoms with E-state index in [-0.39, 0.29) is 0 Å². The van der Waals surface area contributed by atoms with Crippen molar-refractivity contribution in [2.45, 2.75) is 32.2 Å². The van der Waals surface area contributed by atoms with Crippen LogP contribution in [0.25, 0.3) is 0 Å². The Hall–Kier alpha value is -0.480. The largest absolute Gasteiger partial charge is 0.312 e. The maximum atomic E-state index is 12.4. The summed E-state index contributed by atoms with van der Waals surface area (Å²) in [5.74, 6) is 0. The molecule has 1 unspecified atom stereocenters. The lowest BCUT2D eigenvalue weighted by atomic mass is 10.2. The van der Waals surface area contributed by atoms with Gasteiger partial charge in [0.25, 0.3) is 6.43 Å². The molecule has 1 aromatic rings. The highest BCUT2D eigenvalue weighted by atomic mass is 32.1. The lowest BCUT2D eigenvalue weighted by Gasteiger charge is -2.13. The summed E-state index contributed by atoms with van der Waals surface area (Å²) in [5, 5.41) is 2.63. The third-order valence-corrected chi connectivity index (χ3v) is 3.41. The Morgan fingerprint density at radius 3 is 2.43 bits per heavy atom. The van der Waals surface area contributed by atoms with Crippen molar-refractivity contribution in [2.75, 3.05) is 7.05 Å². The molecule has 0 fully saturated rings. The number of nitrogens with one attached hydrogen (secondary N) is 1. The Labute approximate surface area is 87.1 Å². The Bertz CT molecular complexity index is 273. The molecule has 0 amide bonds. The van der Waals surface area contributed by atoms with Crippen LogP contribution in [0.4, 0.5) is 8.78 Å². The van der Waals surface area contributed by atoms with Gasteiger partial charge in [0.2, 0.25) is 0 Å². The van der Waals surface area contributed by atoms with E-state index in [1.54, 1.807) is 18.4 Å². The van der Waals surface area contributed by atoms with E-state index >= 15 is 0 Å². The van der Waals surface area contributed by atoms with Crippen LogP contribution in [-0.2, 0) is 12.8 Å². The predicted molar refractivity (Wildman–Crippen MR) is 56.3 cm³/mol. The zero-order chi connectivity index (χ0) is 10.6. The van der Waals surface area contributed by atoms with Gasteiger partial charge in [-0.05, 0) is 25.6 Å². The van der Waals surface area contributed by atoms with Crippen molar-refractivity contribution < 1.29 is 8.78 Å². The number of alkyl halides is 2. The molecule has 0 aliphatic heterocycles. The fourth-order valence-corrected chi connectivity index (χ4v) is 2.27. The first-order valence-corrected chi connectivity index (χ1v) is 5.52. The Kier molecular flexibility index (Phi) is 4.48. The molecular weight excluding hydrogens is 204 g/mol. The molecule has 0 spiro atoms. The number of likely N-dealkylation sites (N-methyl/N-ethyl adjacent to an activating group) is 1. The zero-order valence-electron chi connectivity index (χ0n) is 8.39. The first kappa shape index (κ1) is 11.6. The van der Waals surface area contributed by atoms with Gasteiger partial charge in [-0.1, -0.05) is 6.92 Å². The van der Waals surface area contributed by atoms with Gasteiger partial charge in [0, 0.05) is 16.2 Å². The van der Waals surface area contributed by atoms with Gasteiger partial charge in [0.1, 0.15) is 0 Å².